The van der Waals surface area contributed by atoms with Crippen LogP contribution >= 0.6 is 0 Å². The van der Waals surface area contributed by atoms with Gasteiger partial charge in [0, 0.05) is 18.6 Å². The third kappa shape index (κ3) is 7.81. The van der Waals surface area contributed by atoms with Crippen LogP contribution in [0.2, 0.25) is 0 Å². The van der Waals surface area contributed by atoms with Crippen molar-refractivity contribution < 1.29 is 14.3 Å². The molecule has 1 aliphatic heterocycles. The Kier molecular flexibility index (Phi) is 10.2. The summed E-state index contributed by atoms with van der Waals surface area (Å²) < 4.78 is 5.09. The molecule has 3 atom stereocenters. The molecule has 1 aromatic carbocycles. The highest BCUT2D eigenvalue weighted by molar-refractivity contribution is 5.75. The van der Waals surface area contributed by atoms with E-state index in [-0.39, 0.29) is 18.1 Å². The molecule has 3 rings (SSSR count). The minimum absolute atomic E-state index is 0.151. The minimum Gasteiger partial charge on any atom is -0.465 e. The highest BCUT2D eigenvalue weighted by atomic mass is 16.5. The number of benzene rings is 1. The number of rotatable bonds is 8. The summed E-state index contributed by atoms with van der Waals surface area (Å²) in [5, 5.41) is 3.26. The van der Waals surface area contributed by atoms with Crippen molar-refractivity contribution in [1.82, 2.24) is 10.2 Å². The van der Waals surface area contributed by atoms with Crippen LogP contribution in [0.15, 0.2) is 30.3 Å². The van der Waals surface area contributed by atoms with E-state index in [2.05, 4.69) is 17.4 Å². The molecule has 1 saturated carbocycles. The van der Waals surface area contributed by atoms with Gasteiger partial charge in [-0.2, -0.15) is 0 Å². The van der Waals surface area contributed by atoms with Gasteiger partial charge in [-0.25, -0.2) is 0 Å². The molecule has 29 heavy (non-hydrogen) atoms. The van der Waals surface area contributed by atoms with Crippen LogP contribution < -0.4 is 5.32 Å². The number of nitrogens with zero attached hydrogens (tertiary/aromatic N) is 1. The van der Waals surface area contributed by atoms with Crippen molar-refractivity contribution in [3.63, 3.8) is 0 Å². The average Bonchev–Trinajstić information content (AvgIpc) is 3.15. The smallest absolute Gasteiger partial charge is 0.323 e. The van der Waals surface area contributed by atoms with Gasteiger partial charge < -0.3 is 15.0 Å². The molecule has 1 aliphatic carbocycles. The van der Waals surface area contributed by atoms with Crippen molar-refractivity contribution in [2.45, 2.75) is 83.8 Å². The summed E-state index contributed by atoms with van der Waals surface area (Å²) in [6.45, 7) is 7.35. The first-order valence-electron chi connectivity index (χ1n) is 11.2. The molecule has 3 unspecified atom stereocenters. The van der Waals surface area contributed by atoms with Gasteiger partial charge in [-0.3, -0.25) is 9.59 Å². The third-order valence-corrected chi connectivity index (χ3v) is 5.86. The fourth-order valence-corrected chi connectivity index (χ4v) is 4.44. The zero-order chi connectivity index (χ0) is 21.1. The molecule has 0 aromatic heterocycles. The largest absolute Gasteiger partial charge is 0.465 e. The van der Waals surface area contributed by atoms with Crippen LogP contribution in [0, 0.1) is 5.92 Å². The van der Waals surface area contributed by atoms with Crippen LogP contribution in [-0.2, 0) is 20.7 Å². The summed E-state index contributed by atoms with van der Waals surface area (Å²) in [6, 6.07) is 10.9. The highest BCUT2D eigenvalue weighted by Crippen LogP contribution is 2.34. The lowest BCUT2D eigenvalue weighted by molar-refractivity contribution is -0.146. The molecule has 1 amide bonds. The van der Waals surface area contributed by atoms with Gasteiger partial charge in [-0.15, -0.1) is 0 Å². The summed E-state index contributed by atoms with van der Waals surface area (Å²) in [5.41, 5.74) is 1.25. The Balaban J connectivity index is 0.000000230. The second-order valence-electron chi connectivity index (χ2n) is 8.39. The quantitative estimate of drug-likeness (QED) is 0.528. The second-order valence-corrected chi connectivity index (χ2v) is 8.39. The fraction of sp³-hybridized carbons (Fsp3) is 0.667. The van der Waals surface area contributed by atoms with E-state index in [4.69, 9.17) is 4.74 Å². The number of nitrogens with one attached hydrogen (secondary N) is 1. The van der Waals surface area contributed by atoms with Gasteiger partial charge in [0.15, 0.2) is 0 Å². The first-order chi connectivity index (χ1) is 14.0. The summed E-state index contributed by atoms with van der Waals surface area (Å²) in [4.78, 5) is 24.4. The zero-order valence-electron chi connectivity index (χ0n) is 18.3. The van der Waals surface area contributed by atoms with Crippen LogP contribution in [0.25, 0.3) is 0 Å². The van der Waals surface area contributed by atoms with Crippen molar-refractivity contribution in [1.29, 1.82) is 0 Å². The maximum atomic E-state index is 11.8. The Morgan fingerprint density at radius 1 is 1.21 bits per heavy atom. The number of aryl methyl sites for hydroxylation is 1. The number of likely N-dealkylation sites (tertiary alicyclic amines) is 1. The molecule has 1 N–H and O–H groups in total. The van der Waals surface area contributed by atoms with E-state index in [0.29, 0.717) is 12.6 Å². The molecule has 1 heterocycles. The Labute approximate surface area is 176 Å². The number of amides is 1. The van der Waals surface area contributed by atoms with Crippen LogP contribution in [0.5, 0.6) is 0 Å². The lowest BCUT2D eigenvalue weighted by Gasteiger charge is -2.28. The summed E-state index contributed by atoms with van der Waals surface area (Å²) in [5.74, 6) is 0.691. The normalized spacial score (nSPS) is 21.7. The molecule has 5 heteroatoms. The van der Waals surface area contributed by atoms with Crippen LogP contribution in [0.4, 0.5) is 0 Å². The number of carbonyl (C=O) groups excluding carboxylic acids is 2. The Morgan fingerprint density at radius 2 is 1.93 bits per heavy atom. The Bertz CT molecular complexity index is 605. The van der Waals surface area contributed by atoms with Crippen molar-refractivity contribution in [2.24, 2.45) is 5.92 Å². The number of hydrogen-bond donors (Lipinski definition) is 1. The Morgan fingerprint density at radius 3 is 2.59 bits per heavy atom. The third-order valence-electron chi connectivity index (χ3n) is 5.86. The first-order valence-corrected chi connectivity index (χ1v) is 11.2. The first kappa shape index (κ1) is 23.4. The van der Waals surface area contributed by atoms with E-state index >= 15 is 0 Å². The lowest BCUT2D eigenvalue weighted by atomic mass is 9.85. The molecule has 1 aromatic rings. The molecule has 162 valence electrons. The predicted molar refractivity (Wildman–Crippen MR) is 117 cm³/mol. The van der Waals surface area contributed by atoms with E-state index in [1.54, 1.807) is 0 Å². The molecule has 0 bridgehead atoms. The van der Waals surface area contributed by atoms with E-state index in [9.17, 15) is 9.59 Å². The SMILES string of the molecule is CCOC(=O)C(CCc1ccccc1)NC(C)C.O=CN1CCC2CCCCC21. The summed E-state index contributed by atoms with van der Waals surface area (Å²) >= 11 is 0. The maximum absolute atomic E-state index is 11.8. The molecular formula is C24H38N2O3. The Hall–Kier alpha value is -1.88. The van der Waals surface area contributed by atoms with Crippen molar-refractivity contribution in [3.8, 4) is 0 Å². The molecule has 5 nitrogen and oxygen atoms in total. The predicted octanol–water partition coefficient (Wildman–Crippen LogP) is 3.96. The average molecular weight is 403 g/mol. The highest BCUT2D eigenvalue weighted by Gasteiger charge is 2.34. The van der Waals surface area contributed by atoms with Gasteiger partial charge in [-0.05, 0) is 50.5 Å². The summed E-state index contributed by atoms with van der Waals surface area (Å²) in [6.07, 6.45) is 9.25. The molecular weight excluding hydrogens is 364 g/mol. The van der Waals surface area contributed by atoms with Gasteiger partial charge in [-0.1, -0.05) is 57.0 Å². The maximum Gasteiger partial charge on any atom is 0.323 e. The number of esters is 1. The van der Waals surface area contributed by atoms with Gasteiger partial charge in [0.25, 0.3) is 0 Å². The van der Waals surface area contributed by atoms with Crippen LogP contribution in [0.1, 0.15) is 64.9 Å². The van der Waals surface area contributed by atoms with E-state index in [1.165, 1.54) is 37.7 Å². The monoisotopic (exact) mass is 402 g/mol. The van der Waals surface area contributed by atoms with Gasteiger partial charge in [0.2, 0.25) is 6.41 Å². The topological polar surface area (TPSA) is 58.6 Å². The number of ether oxygens (including phenoxy) is 1. The minimum atomic E-state index is -0.217. The summed E-state index contributed by atoms with van der Waals surface area (Å²) in [7, 11) is 0. The number of hydrogen-bond acceptors (Lipinski definition) is 4. The number of carbonyl (C=O) groups is 2. The van der Waals surface area contributed by atoms with Crippen molar-refractivity contribution in [3.05, 3.63) is 35.9 Å². The molecule has 1 saturated heterocycles. The molecule has 2 aliphatic rings. The molecule has 2 fully saturated rings. The van der Waals surface area contributed by atoms with E-state index in [1.807, 2.05) is 43.9 Å². The van der Waals surface area contributed by atoms with E-state index < -0.39 is 0 Å². The molecule has 0 spiro atoms. The zero-order valence-corrected chi connectivity index (χ0v) is 18.3. The molecule has 0 radical (unpaired) electrons. The van der Waals surface area contributed by atoms with Gasteiger partial charge in [0.05, 0.1) is 6.61 Å². The lowest BCUT2D eigenvalue weighted by Crippen LogP contribution is -2.42. The van der Waals surface area contributed by atoms with Gasteiger partial charge >= 0.3 is 5.97 Å². The van der Waals surface area contributed by atoms with Crippen molar-refractivity contribution in [2.75, 3.05) is 13.2 Å². The van der Waals surface area contributed by atoms with Crippen LogP contribution in [-0.4, -0.2) is 48.6 Å². The number of fused-ring (bicyclic) bond motifs is 1. The van der Waals surface area contributed by atoms with Crippen LogP contribution in [0.3, 0.4) is 0 Å². The standard InChI is InChI=1S/C15H23NO2.C9H15NO/c1-4-18-15(17)14(16-12(2)3)11-10-13-8-6-5-7-9-13;11-7-10-6-5-8-3-1-2-4-9(8)10/h5-9,12,14,16H,4,10-11H2,1-3H3;7-9H,1-6H2. The van der Waals surface area contributed by atoms with Gasteiger partial charge in [0.1, 0.15) is 6.04 Å². The fourth-order valence-electron chi connectivity index (χ4n) is 4.44. The second kappa shape index (κ2) is 12.6. The van der Waals surface area contributed by atoms with E-state index in [0.717, 1.165) is 31.7 Å². The van der Waals surface area contributed by atoms with Crippen molar-refractivity contribution >= 4 is 12.4 Å².